The van der Waals surface area contributed by atoms with E-state index >= 15 is 0 Å². The molecule has 0 amide bonds. The smallest absolute Gasteiger partial charge is 0.139 e. The van der Waals surface area contributed by atoms with Crippen molar-refractivity contribution in [1.82, 2.24) is 14.9 Å². The number of hydrogen-bond acceptors (Lipinski definition) is 4. The Hall–Kier alpha value is -2.79. The van der Waals surface area contributed by atoms with E-state index in [9.17, 15) is 0 Å². The van der Waals surface area contributed by atoms with E-state index in [0.717, 1.165) is 49.5 Å². The summed E-state index contributed by atoms with van der Waals surface area (Å²) in [6.07, 6.45) is 3.57. The first-order valence-corrected chi connectivity index (χ1v) is 8.73. The maximum atomic E-state index is 5.50. The highest BCUT2D eigenvalue weighted by Gasteiger charge is 2.20. The van der Waals surface area contributed by atoms with Crippen molar-refractivity contribution in [2.24, 2.45) is 0 Å². The van der Waals surface area contributed by atoms with Crippen LogP contribution in [0.15, 0.2) is 59.3 Å². The quantitative estimate of drug-likeness (QED) is 0.622. The average molecular weight is 332 g/mol. The molecule has 0 atom stereocenters. The lowest BCUT2D eigenvalue weighted by Crippen LogP contribution is -2.46. The number of nitrogens with one attached hydrogen (secondary N) is 1. The largest absolute Gasteiger partial charge is 0.464 e. The normalized spacial score (nSPS) is 16.1. The van der Waals surface area contributed by atoms with Crippen LogP contribution in [-0.2, 0) is 6.54 Å². The van der Waals surface area contributed by atoms with Gasteiger partial charge in [-0.25, -0.2) is 4.98 Å². The van der Waals surface area contributed by atoms with Crippen LogP contribution in [0.3, 0.4) is 0 Å². The zero-order chi connectivity index (χ0) is 16.6. The van der Waals surface area contributed by atoms with Crippen molar-refractivity contribution in [2.45, 2.75) is 6.54 Å². The second-order valence-electron chi connectivity index (χ2n) is 6.61. The third-order valence-electron chi connectivity index (χ3n) is 5.01. The zero-order valence-electron chi connectivity index (χ0n) is 14.0. The van der Waals surface area contributed by atoms with Gasteiger partial charge in [0, 0.05) is 50.1 Å². The molecule has 0 spiro atoms. The van der Waals surface area contributed by atoms with Gasteiger partial charge in [0.05, 0.1) is 11.6 Å². The molecular formula is C20H20N4O. The van der Waals surface area contributed by atoms with Crippen LogP contribution in [0.1, 0.15) is 5.69 Å². The molecule has 0 unspecified atom stereocenters. The van der Waals surface area contributed by atoms with Gasteiger partial charge < -0.3 is 14.3 Å². The molecular weight excluding hydrogens is 312 g/mol. The molecule has 1 aromatic carbocycles. The molecule has 5 rings (SSSR count). The van der Waals surface area contributed by atoms with Gasteiger partial charge >= 0.3 is 0 Å². The number of pyridine rings is 1. The molecule has 3 aromatic heterocycles. The molecule has 1 saturated heterocycles. The van der Waals surface area contributed by atoms with E-state index in [1.165, 1.54) is 16.6 Å². The molecule has 0 aliphatic carbocycles. The average Bonchev–Trinajstić information content (AvgIpc) is 3.28. The number of fused-ring (bicyclic) bond motifs is 2. The second-order valence-corrected chi connectivity index (χ2v) is 6.61. The molecule has 0 radical (unpaired) electrons. The lowest BCUT2D eigenvalue weighted by Gasteiger charge is -2.35. The second kappa shape index (κ2) is 5.93. The van der Waals surface area contributed by atoms with Crippen LogP contribution in [0.25, 0.3) is 21.9 Å². The number of aromatic amines is 1. The summed E-state index contributed by atoms with van der Waals surface area (Å²) in [6, 6.07) is 14.6. The monoisotopic (exact) mass is 332 g/mol. The molecule has 0 bridgehead atoms. The van der Waals surface area contributed by atoms with Gasteiger partial charge in [-0.05, 0) is 29.7 Å². The maximum Gasteiger partial charge on any atom is 0.139 e. The number of para-hydroxylation sites is 1. The third-order valence-corrected chi connectivity index (χ3v) is 5.01. The lowest BCUT2D eigenvalue weighted by atomic mass is 10.2. The van der Waals surface area contributed by atoms with Crippen molar-refractivity contribution >= 4 is 27.7 Å². The molecule has 4 heterocycles. The molecule has 25 heavy (non-hydrogen) atoms. The van der Waals surface area contributed by atoms with E-state index in [2.05, 4.69) is 50.1 Å². The third kappa shape index (κ3) is 2.66. The number of benzene rings is 1. The first-order valence-electron chi connectivity index (χ1n) is 8.73. The Morgan fingerprint density at radius 1 is 1.04 bits per heavy atom. The highest BCUT2D eigenvalue weighted by atomic mass is 16.3. The number of aromatic nitrogens is 2. The maximum absolute atomic E-state index is 5.50. The highest BCUT2D eigenvalue weighted by molar-refractivity contribution is 5.88. The lowest BCUT2D eigenvalue weighted by molar-refractivity contribution is 0.247. The molecule has 1 aliphatic heterocycles. The first kappa shape index (κ1) is 14.5. The molecule has 4 aromatic rings. The Kier molecular flexibility index (Phi) is 3.45. The van der Waals surface area contributed by atoms with Crippen molar-refractivity contribution in [3.8, 4) is 0 Å². The van der Waals surface area contributed by atoms with Gasteiger partial charge in [0.25, 0.3) is 0 Å². The van der Waals surface area contributed by atoms with E-state index in [-0.39, 0.29) is 0 Å². The molecule has 126 valence electrons. The molecule has 1 N–H and O–H groups in total. The predicted molar refractivity (Wildman–Crippen MR) is 99.8 cm³/mol. The predicted octanol–water partition coefficient (Wildman–Crippen LogP) is 3.63. The van der Waals surface area contributed by atoms with Crippen molar-refractivity contribution in [3.05, 3.63) is 60.6 Å². The fourth-order valence-electron chi connectivity index (χ4n) is 3.71. The van der Waals surface area contributed by atoms with Gasteiger partial charge in [-0.3, -0.25) is 4.90 Å². The first-order chi connectivity index (χ1) is 12.4. The Bertz CT molecular complexity index is 978. The van der Waals surface area contributed by atoms with Gasteiger partial charge in [-0.1, -0.05) is 18.2 Å². The van der Waals surface area contributed by atoms with E-state index in [0.29, 0.717) is 0 Å². The fraction of sp³-hybridized carbons (Fsp3) is 0.250. The topological polar surface area (TPSA) is 48.3 Å². The van der Waals surface area contributed by atoms with Gasteiger partial charge in [0.1, 0.15) is 11.4 Å². The van der Waals surface area contributed by atoms with Crippen LogP contribution < -0.4 is 4.90 Å². The standard InChI is InChI=1S/C20H20N4O/c1-2-4-18-15(3-1)13-16(22-18)14-23-8-10-24(11-9-23)20-17-6-12-25-19(17)5-7-21-20/h1-7,12-13,22H,8-11,14H2. The summed E-state index contributed by atoms with van der Waals surface area (Å²) in [5.74, 6) is 1.04. The number of furan rings is 1. The number of hydrogen-bond donors (Lipinski definition) is 1. The number of H-pyrrole nitrogens is 1. The number of piperazine rings is 1. The van der Waals surface area contributed by atoms with Gasteiger partial charge in [-0.2, -0.15) is 0 Å². The Morgan fingerprint density at radius 2 is 1.92 bits per heavy atom. The van der Waals surface area contributed by atoms with E-state index in [1.54, 1.807) is 6.26 Å². The summed E-state index contributed by atoms with van der Waals surface area (Å²) in [5, 5.41) is 2.39. The van der Waals surface area contributed by atoms with Gasteiger partial charge in [0.2, 0.25) is 0 Å². The van der Waals surface area contributed by atoms with E-state index in [1.807, 2.05) is 18.3 Å². The summed E-state index contributed by atoms with van der Waals surface area (Å²) in [4.78, 5) is 13.0. The molecule has 0 saturated carbocycles. The SMILES string of the molecule is c1ccc2[nH]c(CN3CCN(c4nccc5occc45)CC3)cc2c1. The summed E-state index contributed by atoms with van der Waals surface area (Å²) < 4.78 is 5.50. The Balaban J connectivity index is 1.29. The van der Waals surface area contributed by atoms with Crippen molar-refractivity contribution < 1.29 is 4.42 Å². The van der Waals surface area contributed by atoms with Crippen LogP contribution in [0.2, 0.25) is 0 Å². The zero-order valence-corrected chi connectivity index (χ0v) is 14.0. The van der Waals surface area contributed by atoms with Gasteiger partial charge in [-0.15, -0.1) is 0 Å². The molecule has 5 nitrogen and oxygen atoms in total. The van der Waals surface area contributed by atoms with Crippen molar-refractivity contribution in [3.63, 3.8) is 0 Å². The van der Waals surface area contributed by atoms with Crippen LogP contribution in [0, 0.1) is 0 Å². The summed E-state index contributed by atoms with van der Waals surface area (Å²) >= 11 is 0. The number of rotatable bonds is 3. The van der Waals surface area contributed by atoms with Crippen molar-refractivity contribution in [1.29, 1.82) is 0 Å². The minimum atomic E-state index is 0.908. The Morgan fingerprint density at radius 3 is 2.80 bits per heavy atom. The van der Waals surface area contributed by atoms with Crippen LogP contribution >= 0.6 is 0 Å². The summed E-state index contributed by atoms with van der Waals surface area (Å²) in [5.41, 5.74) is 3.40. The highest BCUT2D eigenvalue weighted by Crippen LogP contribution is 2.26. The molecule has 1 aliphatic rings. The minimum Gasteiger partial charge on any atom is -0.464 e. The van der Waals surface area contributed by atoms with E-state index < -0.39 is 0 Å². The summed E-state index contributed by atoms with van der Waals surface area (Å²) in [7, 11) is 0. The van der Waals surface area contributed by atoms with Crippen molar-refractivity contribution in [2.75, 3.05) is 31.1 Å². The van der Waals surface area contributed by atoms with E-state index in [4.69, 9.17) is 4.42 Å². The van der Waals surface area contributed by atoms with Crippen LogP contribution in [0.5, 0.6) is 0 Å². The summed E-state index contributed by atoms with van der Waals surface area (Å²) in [6.45, 7) is 5.00. The molecule has 1 fully saturated rings. The van der Waals surface area contributed by atoms with Gasteiger partial charge in [0.15, 0.2) is 0 Å². The Labute approximate surface area is 145 Å². The number of nitrogens with zero attached hydrogens (tertiary/aromatic N) is 3. The van der Waals surface area contributed by atoms with Crippen LogP contribution in [0.4, 0.5) is 5.82 Å². The minimum absolute atomic E-state index is 0.908. The molecule has 5 heteroatoms. The number of anilines is 1. The van der Waals surface area contributed by atoms with Crippen LogP contribution in [-0.4, -0.2) is 41.0 Å². The fourth-order valence-corrected chi connectivity index (χ4v) is 3.71.